The minimum atomic E-state index is -0.930. The third-order valence-corrected chi connectivity index (χ3v) is 7.09. The van der Waals surface area contributed by atoms with E-state index in [1.54, 1.807) is 12.1 Å². The summed E-state index contributed by atoms with van der Waals surface area (Å²) in [4.78, 5) is 50.9. The highest BCUT2D eigenvalue weighted by molar-refractivity contribution is 6.24. The number of hydrogen-bond acceptors (Lipinski definition) is 6. The van der Waals surface area contributed by atoms with Crippen LogP contribution in [0.25, 0.3) is 0 Å². The second-order valence-corrected chi connectivity index (χ2v) is 8.82. The first-order valence-electron chi connectivity index (χ1n) is 10.8. The van der Waals surface area contributed by atoms with Gasteiger partial charge in [-0.3, -0.25) is 29.4 Å². The molecule has 0 radical (unpaired) electrons. The van der Waals surface area contributed by atoms with E-state index in [-0.39, 0.29) is 24.3 Å². The Kier molecular flexibility index (Phi) is 4.71. The average molecular weight is 410 g/mol. The van der Waals surface area contributed by atoms with E-state index < -0.39 is 23.8 Å². The van der Waals surface area contributed by atoms with E-state index in [4.69, 9.17) is 0 Å². The van der Waals surface area contributed by atoms with Crippen molar-refractivity contribution in [2.24, 2.45) is 5.92 Å². The Bertz CT molecular complexity index is 933. The van der Waals surface area contributed by atoms with E-state index in [0.29, 0.717) is 23.6 Å². The molecule has 8 heteroatoms. The summed E-state index contributed by atoms with van der Waals surface area (Å²) < 4.78 is 0. The highest BCUT2D eigenvalue weighted by Gasteiger charge is 2.49. The molecular formula is C22H26N4O4. The summed E-state index contributed by atoms with van der Waals surface area (Å²) in [6.45, 7) is 2.61. The Hall–Kier alpha value is -2.58. The van der Waals surface area contributed by atoms with Crippen molar-refractivity contribution < 1.29 is 19.2 Å². The lowest BCUT2D eigenvalue weighted by Gasteiger charge is -2.32. The van der Waals surface area contributed by atoms with Gasteiger partial charge < -0.3 is 10.6 Å². The van der Waals surface area contributed by atoms with Gasteiger partial charge in [-0.25, -0.2) is 0 Å². The average Bonchev–Trinajstić information content (AvgIpc) is 3.50. The fraction of sp³-hybridized carbons (Fsp3) is 0.545. The predicted octanol–water partition coefficient (Wildman–Crippen LogP) is 0.710. The summed E-state index contributed by atoms with van der Waals surface area (Å²) in [5.74, 6) is -1.21. The van der Waals surface area contributed by atoms with Gasteiger partial charge in [0.1, 0.15) is 6.04 Å². The molecule has 1 saturated carbocycles. The molecule has 1 atom stereocenters. The molecule has 1 aromatic carbocycles. The number of rotatable bonds is 5. The largest absolute Gasteiger partial charge is 0.317 e. The molecule has 3 N–H and O–H groups in total. The number of fused-ring (bicyclic) bond motifs is 1. The zero-order chi connectivity index (χ0) is 20.9. The van der Waals surface area contributed by atoms with E-state index in [0.717, 1.165) is 49.2 Å². The molecule has 1 aromatic rings. The zero-order valence-corrected chi connectivity index (χ0v) is 16.8. The topological polar surface area (TPSA) is 108 Å². The van der Waals surface area contributed by atoms with E-state index in [9.17, 15) is 19.2 Å². The number of nitrogens with one attached hydrogen (secondary N) is 3. The van der Waals surface area contributed by atoms with Gasteiger partial charge in [0, 0.05) is 18.5 Å². The Morgan fingerprint density at radius 1 is 1.03 bits per heavy atom. The van der Waals surface area contributed by atoms with Crippen LogP contribution in [0.3, 0.4) is 0 Å². The number of carbonyl (C=O) groups is 4. The molecule has 3 aliphatic heterocycles. The first-order chi connectivity index (χ1) is 14.5. The molecule has 4 amide bonds. The van der Waals surface area contributed by atoms with Crippen molar-refractivity contribution in [2.45, 2.75) is 56.7 Å². The van der Waals surface area contributed by atoms with Gasteiger partial charge in [0.2, 0.25) is 11.8 Å². The molecular weight excluding hydrogens is 384 g/mol. The highest BCUT2D eigenvalue weighted by Crippen LogP contribution is 2.46. The number of imide groups is 2. The number of piperidine rings is 2. The molecule has 4 aliphatic rings. The summed E-state index contributed by atoms with van der Waals surface area (Å²) in [5.41, 5.74) is 1.66. The third-order valence-electron chi connectivity index (χ3n) is 7.09. The van der Waals surface area contributed by atoms with Gasteiger partial charge in [-0.05, 0) is 62.7 Å². The minimum Gasteiger partial charge on any atom is -0.317 e. The second kappa shape index (κ2) is 7.28. The molecule has 158 valence electrons. The quantitative estimate of drug-likeness (QED) is 0.617. The van der Waals surface area contributed by atoms with Gasteiger partial charge in [-0.15, -0.1) is 0 Å². The molecule has 0 aromatic heterocycles. The summed E-state index contributed by atoms with van der Waals surface area (Å²) in [7, 11) is 0. The van der Waals surface area contributed by atoms with Crippen LogP contribution in [0.4, 0.5) is 0 Å². The van der Waals surface area contributed by atoms with E-state index in [2.05, 4.69) is 16.0 Å². The van der Waals surface area contributed by atoms with E-state index >= 15 is 0 Å². The maximum atomic E-state index is 13.2. The van der Waals surface area contributed by atoms with Crippen LogP contribution in [-0.2, 0) is 16.1 Å². The summed E-state index contributed by atoms with van der Waals surface area (Å²) in [5, 5.41) is 9.34. The number of nitrogens with zero attached hydrogens (tertiary/aromatic N) is 1. The van der Waals surface area contributed by atoms with Crippen molar-refractivity contribution in [3.63, 3.8) is 0 Å². The lowest BCUT2D eigenvalue weighted by molar-refractivity contribution is -0.136. The number of hydrogen-bond donors (Lipinski definition) is 3. The predicted molar refractivity (Wildman–Crippen MR) is 108 cm³/mol. The normalized spacial score (nSPS) is 26.0. The molecule has 30 heavy (non-hydrogen) atoms. The monoisotopic (exact) mass is 410 g/mol. The fourth-order valence-electron chi connectivity index (χ4n) is 5.24. The highest BCUT2D eigenvalue weighted by atomic mass is 16.2. The standard InChI is InChI=1S/C22H26N4O4/c27-17-5-4-16(19(28)25-17)26-20(29)15-3-1-2-13(18(15)21(26)30)12-24-22(8-9-22)14-6-10-23-11-7-14/h1-3,14,16,23-24H,4-12H2,(H,25,27,28). The number of amides is 4. The first-order valence-corrected chi connectivity index (χ1v) is 10.8. The zero-order valence-electron chi connectivity index (χ0n) is 16.8. The lowest BCUT2D eigenvalue weighted by Crippen LogP contribution is -2.54. The summed E-state index contributed by atoms with van der Waals surface area (Å²) >= 11 is 0. The molecule has 1 unspecified atom stereocenters. The van der Waals surface area contributed by atoms with Crippen LogP contribution in [-0.4, -0.2) is 53.2 Å². The first kappa shape index (κ1) is 19.4. The van der Waals surface area contributed by atoms with E-state index in [1.165, 1.54) is 0 Å². The van der Waals surface area contributed by atoms with E-state index in [1.807, 2.05) is 6.07 Å². The van der Waals surface area contributed by atoms with Crippen LogP contribution in [0, 0.1) is 5.92 Å². The van der Waals surface area contributed by atoms with Crippen molar-refractivity contribution >= 4 is 23.6 Å². The lowest BCUT2D eigenvalue weighted by atomic mass is 9.87. The van der Waals surface area contributed by atoms with Crippen molar-refractivity contribution in [3.05, 3.63) is 34.9 Å². The third kappa shape index (κ3) is 3.15. The molecule has 3 fully saturated rings. The van der Waals surface area contributed by atoms with Crippen LogP contribution < -0.4 is 16.0 Å². The summed E-state index contributed by atoms with van der Waals surface area (Å²) in [6, 6.07) is 4.38. The fourth-order valence-corrected chi connectivity index (χ4v) is 5.24. The van der Waals surface area contributed by atoms with Gasteiger partial charge in [-0.2, -0.15) is 0 Å². The molecule has 0 bridgehead atoms. The van der Waals surface area contributed by atoms with Gasteiger partial charge in [-0.1, -0.05) is 12.1 Å². The van der Waals surface area contributed by atoms with Crippen molar-refractivity contribution in [1.29, 1.82) is 0 Å². The maximum Gasteiger partial charge on any atom is 0.262 e. The summed E-state index contributed by atoms with van der Waals surface area (Å²) in [6.07, 6.45) is 4.88. The van der Waals surface area contributed by atoms with Crippen LogP contribution in [0.1, 0.15) is 64.8 Å². The van der Waals surface area contributed by atoms with Gasteiger partial charge in [0.15, 0.2) is 0 Å². The molecule has 1 aliphatic carbocycles. The van der Waals surface area contributed by atoms with Gasteiger partial charge in [0.25, 0.3) is 11.8 Å². The maximum absolute atomic E-state index is 13.2. The van der Waals surface area contributed by atoms with Crippen molar-refractivity contribution in [2.75, 3.05) is 13.1 Å². The molecule has 3 heterocycles. The van der Waals surface area contributed by atoms with Gasteiger partial charge >= 0.3 is 0 Å². The second-order valence-electron chi connectivity index (χ2n) is 8.82. The smallest absolute Gasteiger partial charge is 0.262 e. The SMILES string of the molecule is O=C1CCC(N2C(=O)c3cccc(CNC4(C5CCNCC5)CC4)c3C2=O)C(=O)N1. The van der Waals surface area contributed by atoms with Crippen LogP contribution in [0.2, 0.25) is 0 Å². The molecule has 8 nitrogen and oxygen atoms in total. The Labute approximate surface area is 174 Å². The number of carbonyl (C=O) groups excluding carboxylic acids is 4. The Morgan fingerprint density at radius 3 is 2.50 bits per heavy atom. The van der Waals surface area contributed by atoms with Crippen molar-refractivity contribution in [3.8, 4) is 0 Å². The van der Waals surface area contributed by atoms with Crippen molar-refractivity contribution in [1.82, 2.24) is 20.9 Å². The van der Waals surface area contributed by atoms with Gasteiger partial charge in [0.05, 0.1) is 11.1 Å². The number of benzene rings is 1. The van der Waals surface area contributed by atoms with Crippen LogP contribution >= 0.6 is 0 Å². The molecule has 5 rings (SSSR count). The Balaban J connectivity index is 1.36. The molecule has 0 spiro atoms. The van der Waals surface area contributed by atoms with Crippen LogP contribution in [0.15, 0.2) is 18.2 Å². The van der Waals surface area contributed by atoms with Crippen LogP contribution in [0.5, 0.6) is 0 Å². The molecule has 2 saturated heterocycles. The minimum absolute atomic E-state index is 0.122. The Morgan fingerprint density at radius 2 is 1.80 bits per heavy atom.